The molecule has 0 heterocycles. The molecule has 82 valence electrons. The van der Waals surface area contributed by atoms with Gasteiger partial charge >= 0.3 is 0 Å². The molecule has 1 nitrogen and oxygen atoms in total. The lowest BCUT2D eigenvalue weighted by Crippen LogP contribution is -1.64. The molecule has 0 radical (unpaired) electrons. The fourth-order valence-electron chi connectivity index (χ4n) is 1.06. The van der Waals surface area contributed by atoms with Gasteiger partial charge in [0.15, 0.2) is 0 Å². The van der Waals surface area contributed by atoms with Crippen molar-refractivity contribution >= 4 is 17.7 Å². The monoisotopic (exact) mass is 232 g/mol. The topological polar surface area (TPSA) is 20.2 Å². The maximum absolute atomic E-state index is 8.63. The molecule has 2 aromatic carbocycles. The number of para-hydroxylation sites is 1. The van der Waals surface area contributed by atoms with Crippen molar-refractivity contribution in [3.8, 4) is 5.75 Å². The Bertz CT molecular complexity index is 409. The van der Waals surface area contributed by atoms with Gasteiger partial charge < -0.3 is 5.11 Å². The van der Waals surface area contributed by atoms with Crippen LogP contribution in [-0.2, 0) is 0 Å². The highest BCUT2D eigenvalue weighted by Crippen LogP contribution is 2.02. The van der Waals surface area contributed by atoms with Crippen LogP contribution in [-0.4, -0.2) is 5.11 Å². The summed E-state index contributed by atoms with van der Waals surface area (Å²) in [5, 5.41) is 8.63. The number of phenolic OH excluding ortho intramolecular Hbond substituents is 1. The molecular formula is C14H13ClO. The lowest BCUT2D eigenvalue weighted by Gasteiger charge is -1.86. The first-order chi connectivity index (χ1) is 7.83. The summed E-state index contributed by atoms with van der Waals surface area (Å²) < 4.78 is 0. The number of halogens is 1. The van der Waals surface area contributed by atoms with E-state index in [4.69, 9.17) is 16.7 Å². The first-order valence-electron chi connectivity index (χ1n) is 4.89. The largest absolute Gasteiger partial charge is 0.508 e. The van der Waals surface area contributed by atoms with Gasteiger partial charge in [-0.1, -0.05) is 60.1 Å². The van der Waals surface area contributed by atoms with Crippen LogP contribution in [0.3, 0.4) is 0 Å². The summed E-state index contributed by atoms with van der Waals surface area (Å²) in [6.45, 7) is 0. The van der Waals surface area contributed by atoms with Gasteiger partial charge in [0.05, 0.1) is 0 Å². The van der Waals surface area contributed by atoms with E-state index < -0.39 is 0 Å². The van der Waals surface area contributed by atoms with E-state index in [1.807, 2.05) is 42.5 Å². The van der Waals surface area contributed by atoms with Crippen LogP contribution in [0.4, 0.5) is 0 Å². The number of hydrogen-bond acceptors (Lipinski definition) is 1. The van der Waals surface area contributed by atoms with Crippen molar-refractivity contribution < 1.29 is 5.11 Å². The zero-order valence-electron chi connectivity index (χ0n) is 8.75. The summed E-state index contributed by atoms with van der Waals surface area (Å²) >= 11 is 5.36. The predicted octanol–water partition coefficient (Wildman–Crippen LogP) is 4.29. The predicted molar refractivity (Wildman–Crippen MR) is 69.4 cm³/mol. The molecule has 0 saturated heterocycles. The molecule has 0 aliphatic heterocycles. The number of rotatable bonds is 1. The molecule has 1 N–H and O–H groups in total. The molecule has 2 aromatic rings. The lowest BCUT2D eigenvalue weighted by molar-refractivity contribution is 0.475. The summed E-state index contributed by atoms with van der Waals surface area (Å²) in [7, 11) is 0. The Morgan fingerprint density at radius 1 is 0.812 bits per heavy atom. The van der Waals surface area contributed by atoms with Gasteiger partial charge in [-0.25, -0.2) is 0 Å². The maximum Gasteiger partial charge on any atom is 0.115 e. The van der Waals surface area contributed by atoms with Crippen molar-refractivity contribution in [1.29, 1.82) is 0 Å². The van der Waals surface area contributed by atoms with Crippen LogP contribution in [0, 0.1) is 0 Å². The molecule has 0 fully saturated rings. The fourth-order valence-corrected chi connectivity index (χ4v) is 1.21. The molecule has 0 aliphatic carbocycles. The second-order valence-electron chi connectivity index (χ2n) is 3.04. The first kappa shape index (κ1) is 12.3. The minimum absolute atomic E-state index is 0.322. The minimum atomic E-state index is 0.322. The van der Waals surface area contributed by atoms with Gasteiger partial charge in [0, 0.05) is 5.54 Å². The molecule has 0 aromatic heterocycles. The zero-order chi connectivity index (χ0) is 11.6. The lowest BCUT2D eigenvalue weighted by atomic mass is 10.2. The van der Waals surface area contributed by atoms with E-state index in [1.165, 1.54) is 5.54 Å². The van der Waals surface area contributed by atoms with Crippen LogP contribution in [0.15, 0.2) is 66.2 Å². The maximum atomic E-state index is 8.63. The van der Waals surface area contributed by atoms with Gasteiger partial charge in [-0.2, -0.15) is 0 Å². The molecule has 0 amide bonds. The highest BCUT2D eigenvalue weighted by molar-refractivity contribution is 6.27. The van der Waals surface area contributed by atoms with Crippen molar-refractivity contribution in [2.75, 3.05) is 0 Å². The molecule has 0 bridgehead atoms. The highest BCUT2D eigenvalue weighted by Gasteiger charge is 1.78. The Balaban J connectivity index is 0.000000165. The SMILES string of the molecule is ClC=Cc1ccccc1.Oc1ccccc1. The summed E-state index contributed by atoms with van der Waals surface area (Å²) in [4.78, 5) is 0. The van der Waals surface area contributed by atoms with E-state index in [0.717, 1.165) is 5.56 Å². The number of phenols is 1. The van der Waals surface area contributed by atoms with E-state index in [-0.39, 0.29) is 0 Å². The Kier molecular flexibility index (Phi) is 5.82. The van der Waals surface area contributed by atoms with Crippen molar-refractivity contribution in [1.82, 2.24) is 0 Å². The Morgan fingerprint density at radius 3 is 1.69 bits per heavy atom. The third-order valence-corrected chi connectivity index (χ3v) is 1.94. The van der Waals surface area contributed by atoms with E-state index >= 15 is 0 Å². The minimum Gasteiger partial charge on any atom is -0.508 e. The van der Waals surface area contributed by atoms with Gasteiger partial charge in [-0.3, -0.25) is 0 Å². The number of hydrogen-bond donors (Lipinski definition) is 1. The van der Waals surface area contributed by atoms with Gasteiger partial charge in [-0.15, -0.1) is 0 Å². The molecule has 0 aliphatic rings. The van der Waals surface area contributed by atoms with Crippen molar-refractivity contribution in [2.24, 2.45) is 0 Å². The zero-order valence-corrected chi connectivity index (χ0v) is 9.51. The third kappa shape index (κ3) is 5.23. The number of benzene rings is 2. The molecule has 2 heteroatoms. The van der Waals surface area contributed by atoms with Crippen LogP contribution in [0.25, 0.3) is 6.08 Å². The third-order valence-electron chi connectivity index (χ3n) is 1.81. The van der Waals surface area contributed by atoms with E-state index in [0.29, 0.717) is 5.75 Å². The standard InChI is InChI=1S/C8H7Cl.C6H6O/c9-7-6-8-4-2-1-3-5-8;7-6-4-2-1-3-5-6/h1-7H;1-5,7H. The molecule has 0 atom stereocenters. The summed E-state index contributed by atoms with van der Waals surface area (Å²) in [6.07, 6.45) is 1.85. The fraction of sp³-hybridized carbons (Fsp3) is 0. The molecular weight excluding hydrogens is 220 g/mol. The molecule has 16 heavy (non-hydrogen) atoms. The van der Waals surface area contributed by atoms with Crippen LogP contribution in [0.1, 0.15) is 5.56 Å². The van der Waals surface area contributed by atoms with E-state index in [2.05, 4.69) is 0 Å². The van der Waals surface area contributed by atoms with E-state index in [9.17, 15) is 0 Å². The van der Waals surface area contributed by atoms with E-state index in [1.54, 1.807) is 24.3 Å². The average molecular weight is 233 g/mol. The quantitative estimate of drug-likeness (QED) is 0.778. The van der Waals surface area contributed by atoms with Crippen molar-refractivity contribution in [2.45, 2.75) is 0 Å². The smallest absolute Gasteiger partial charge is 0.115 e. The van der Waals surface area contributed by atoms with Gasteiger partial charge in [-0.05, 0) is 23.8 Å². The van der Waals surface area contributed by atoms with Gasteiger partial charge in [0.2, 0.25) is 0 Å². The van der Waals surface area contributed by atoms with Crippen molar-refractivity contribution in [3.63, 3.8) is 0 Å². The van der Waals surface area contributed by atoms with Crippen LogP contribution >= 0.6 is 11.6 Å². The first-order valence-corrected chi connectivity index (χ1v) is 5.32. The molecule has 2 rings (SSSR count). The highest BCUT2D eigenvalue weighted by atomic mass is 35.5. The second-order valence-corrected chi connectivity index (χ2v) is 3.29. The number of aromatic hydroxyl groups is 1. The second kappa shape index (κ2) is 7.55. The average Bonchev–Trinajstić information content (AvgIpc) is 2.33. The van der Waals surface area contributed by atoms with Gasteiger partial charge in [0.1, 0.15) is 5.75 Å². The van der Waals surface area contributed by atoms with Crippen LogP contribution in [0.2, 0.25) is 0 Å². The van der Waals surface area contributed by atoms with Crippen molar-refractivity contribution in [3.05, 3.63) is 71.8 Å². The van der Waals surface area contributed by atoms with Crippen LogP contribution in [0.5, 0.6) is 5.75 Å². The van der Waals surface area contributed by atoms with Gasteiger partial charge in [0.25, 0.3) is 0 Å². The molecule has 0 saturated carbocycles. The summed E-state index contributed by atoms with van der Waals surface area (Å²) in [5.41, 5.74) is 2.64. The summed E-state index contributed by atoms with van der Waals surface area (Å²) in [5.74, 6) is 0.322. The Morgan fingerprint density at radius 2 is 1.31 bits per heavy atom. The van der Waals surface area contributed by atoms with Crippen LogP contribution < -0.4 is 0 Å². The molecule has 0 unspecified atom stereocenters. The normalized spacial score (nSPS) is 9.56. The Labute approximate surface area is 101 Å². The summed E-state index contributed by atoms with van der Waals surface area (Å²) in [6, 6.07) is 18.6. The molecule has 0 spiro atoms. The Hall–Kier alpha value is -1.73.